The number of piperazine rings is 1. The van der Waals surface area contributed by atoms with Crippen molar-refractivity contribution in [1.29, 1.82) is 0 Å². The first-order valence-electron chi connectivity index (χ1n) is 7.14. The molecular weight excluding hydrogens is 284 g/mol. The number of nitrogens with two attached hydrogens (primary N) is 1. The van der Waals surface area contributed by atoms with Gasteiger partial charge < -0.3 is 9.80 Å². The van der Waals surface area contributed by atoms with Crippen molar-refractivity contribution in [2.75, 3.05) is 26.2 Å². The molecule has 0 atom stereocenters. The van der Waals surface area contributed by atoms with Gasteiger partial charge in [0.25, 0.3) is 5.91 Å². The molecule has 118 valence electrons. The van der Waals surface area contributed by atoms with Gasteiger partial charge in [0, 0.05) is 31.7 Å². The number of amides is 3. The quantitative estimate of drug-likeness (QED) is 0.345. The SMILES string of the molecule is Cc1ccc(C(=O)N2CCN(C(=O)CC(=O)NN)CC2)cc1. The zero-order valence-corrected chi connectivity index (χ0v) is 12.5. The van der Waals surface area contributed by atoms with Crippen molar-refractivity contribution >= 4 is 17.7 Å². The Morgan fingerprint density at radius 1 is 1.05 bits per heavy atom. The van der Waals surface area contributed by atoms with Gasteiger partial charge in [-0.1, -0.05) is 17.7 Å². The second kappa shape index (κ2) is 7.04. The van der Waals surface area contributed by atoms with Crippen molar-refractivity contribution < 1.29 is 14.4 Å². The first-order chi connectivity index (χ1) is 10.5. The normalized spacial score (nSPS) is 14.6. The third-order valence-electron chi connectivity index (χ3n) is 3.69. The van der Waals surface area contributed by atoms with Crippen LogP contribution in [0.1, 0.15) is 22.3 Å². The van der Waals surface area contributed by atoms with E-state index in [2.05, 4.69) is 0 Å². The second-order valence-electron chi connectivity index (χ2n) is 5.28. The number of nitrogens with one attached hydrogen (secondary N) is 1. The highest BCUT2D eigenvalue weighted by molar-refractivity contribution is 5.97. The molecule has 0 radical (unpaired) electrons. The van der Waals surface area contributed by atoms with E-state index in [-0.39, 0.29) is 18.2 Å². The van der Waals surface area contributed by atoms with E-state index < -0.39 is 5.91 Å². The molecule has 3 N–H and O–H groups in total. The van der Waals surface area contributed by atoms with Crippen LogP contribution in [0.3, 0.4) is 0 Å². The minimum atomic E-state index is -0.511. The Bertz CT molecular complexity index is 563. The van der Waals surface area contributed by atoms with Gasteiger partial charge in [0.15, 0.2) is 0 Å². The minimum absolute atomic E-state index is 0.0354. The topological polar surface area (TPSA) is 95.7 Å². The lowest BCUT2D eigenvalue weighted by Crippen LogP contribution is -2.51. The third-order valence-corrected chi connectivity index (χ3v) is 3.69. The van der Waals surface area contributed by atoms with Gasteiger partial charge in [-0.3, -0.25) is 19.8 Å². The molecule has 0 aliphatic carbocycles. The van der Waals surface area contributed by atoms with Gasteiger partial charge in [-0.2, -0.15) is 0 Å². The predicted molar refractivity (Wildman–Crippen MR) is 80.6 cm³/mol. The minimum Gasteiger partial charge on any atom is -0.339 e. The molecule has 0 spiro atoms. The van der Waals surface area contributed by atoms with Crippen molar-refractivity contribution in [3.8, 4) is 0 Å². The number of carbonyl (C=O) groups excluding carboxylic acids is 3. The average molecular weight is 304 g/mol. The summed E-state index contributed by atoms with van der Waals surface area (Å²) in [6.45, 7) is 3.74. The van der Waals surface area contributed by atoms with E-state index in [1.807, 2.05) is 24.5 Å². The van der Waals surface area contributed by atoms with Crippen LogP contribution in [0.25, 0.3) is 0 Å². The largest absolute Gasteiger partial charge is 0.339 e. The molecular formula is C15H20N4O3. The Kier molecular flexibility index (Phi) is 5.11. The van der Waals surface area contributed by atoms with Crippen LogP contribution in [0.4, 0.5) is 0 Å². The highest BCUT2D eigenvalue weighted by Gasteiger charge is 2.25. The van der Waals surface area contributed by atoms with Crippen LogP contribution in [0.15, 0.2) is 24.3 Å². The zero-order valence-electron chi connectivity index (χ0n) is 12.5. The van der Waals surface area contributed by atoms with Crippen LogP contribution in [-0.4, -0.2) is 53.7 Å². The lowest BCUT2D eigenvalue weighted by Gasteiger charge is -2.34. The average Bonchev–Trinajstić information content (AvgIpc) is 2.55. The Balaban J connectivity index is 1.89. The van der Waals surface area contributed by atoms with E-state index in [1.54, 1.807) is 21.9 Å². The molecule has 1 fully saturated rings. The van der Waals surface area contributed by atoms with Crippen LogP contribution < -0.4 is 11.3 Å². The number of hydrogen-bond donors (Lipinski definition) is 2. The molecule has 1 aliphatic rings. The van der Waals surface area contributed by atoms with Crippen LogP contribution in [0.5, 0.6) is 0 Å². The molecule has 0 saturated carbocycles. The van der Waals surface area contributed by atoms with Gasteiger partial charge in [0.1, 0.15) is 6.42 Å². The van der Waals surface area contributed by atoms with Gasteiger partial charge in [0.2, 0.25) is 11.8 Å². The maximum atomic E-state index is 12.4. The fraction of sp³-hybridized carbons (Fsp3) is 0.400. The van der Waals surface area contributed by atoms with Gasteiger partial charge in [-0.25, -0.2) is 5.84 Å². The maximum absolute atomic E-state index is 12.4. The van der Waals surface area contributed by atoms with Gasteiger partial charge >= 0.3 is 0 Å². The summed E-state index contributed by atoms with van der Waals surface area (Å²) >= 11 is 0. The van der Waals surface area contributed by atoms with Gasteiger partial charge in [0.05, 0.1) is 0 Å². The Labute approximate surface area is 129 Å². The summed E-state index contributed by atoms with van der Waals surface area (Å²) < 4.78 is 0. The lowest BCUT2D eigenvalue weighted by molar-refractivity contribution is -0.137. The third kappa shape index (κ3) is 3.82. The van der Waals surface area contributed by atoms with Crippen molar-refractivity contribution in [3.05, 3.63) is 35.4 Å². The smallest absolute Gasteiger partial charge is 0.253 e. The molecule has 1 aromatic rings. The number of rotatable bonds is 3. The van der Waals surface area contributed by atoms with E-state index in [4.69, 9.17) is 5.84 Å². The van der Waals surface area contributed by atoms with Gasteiger partial charge in [-0.05, 0) is 19.1 Å². The van der Waals surface area contributed by atoms with Crippen LogP contribution >= 0.6 is 0 Å². The molecule has 0 bridgehead atoms. The molecule has 22 heavy (non-hydrogen) atoms. The Hall–Kier alpha value is -2.41. The fourth-order valence-corrected chi connectivity index (χ4v) is 2.34. The summed E-state index contributed by atoms with van der Waals surface area (Å²) in [4.78, 5) is 38.6. The van der Waals surface area contributed by atoms with E-state index in [1.165, 1.54) is 0 Å². The number of carbonyl (C=O) groups is 3. The van der Waals surface area contributed by atoms with Crippen molar-refractivity contribution in [1.82, 2.24) is 15.2 Å². The lowest BCUT2D eigenvalue weighted by atomic mass is 10.1. The first kappa shape index (κ1) is 16.0. The fourth-order valence-electron chi connectivity index (χ4n) is 2.34. The molecule has 0 unspecified atom stereocenters. The summed E-state index contributed by atoms with van der Waals surface area (Å²) in [5.41, 5.74) is 3.69. The summed E-state index contributed by atoms with van der Waals surface area (Å²) in [5.74, 6) is 4.14. The number of nitrogens with zero attached hydrogens (tertiary/aromatic N) is 2. The Morgan fingerprint density at radius 2 is 1.59 bits per heavy atom. The summed E-state index contributed by atoms with van der Waals surface area (Å²) in [6.07, 6.45) is -0.261. The molecule has 1 aromatic carbocycles. The molecule has 3 amide bonds. The Morgan fingerprint density at radius 3 is 2.14 bits per heavy atom. The molecule has 7 heteroatoms. The number of benzene rings is 1. The summed E-state index contributed by atoms with van der Waals surface area (Å²) in [7, 11) is 0. The van der Waals surface area contributed by atoms with Crippen molar-refractivity contribution in [3.63, 3.8) is 0 Å². The van der Waals surface area contributed by atoms with E-state index >= 15 is 0 Å². The molecule has 2 rings (SSSR count). The van der Waals surface area contributed by atoms with Gasteiger partial charge in [-0.15, -0.1) is 0 Å². The zero-order chi connectivity index (χ0) is 16.1. The standard InChI is InChI=1S/C15H20N4O3/c1-11-2-4-12(5-3-11)15(22)19-8-6-18(7-9-19)14(21)10-13(20)17-16/h2-5H,6-10,16H2,1H3,(H,17,20). The molecule has 1 aliphatic heterocycles. The molecule has 1 heterocycles. The van der Waals surface area contributed by atoms with Crippen molar-refractivity contribution in [2.45, 2.75) is 13.3 Å². The maximum Gasteiger partial charge on any atom is 0.253 e. The second-order valence-corrected chi connectivity index (χ2v) is 5.28. The number of aryl methyl sites for hydroxylation is 1. The van der Waals surface area contributed by atoms with Crippen LogP contribution in [0, 0.1) is 6.92 Å². The molecule has 1 saturated heterocycles. The predicted octanol–water partition coefficient (Wildman–Crippen LogP) is -0.341. The number of hydrogen-bond acceptors (Lipinski definition) is 4. The van der Waals surface area contributed by atoms with Crippen molar-refractivity contribution in [2.24, 2.45) is 5.84 Å². The highest BCUT2D eigenvalue weighted by Crippen LogP contribution is 2.10. The van der Waals surface area contributed by atoms with Crippen LogP contribution in [0.2, 0.25) is 0 Å². The van der Waals surface area contributed by atoms with E-state index in [0.29, 0.717) is 31.7 Å². The summed E-state index contributed by atoms with van der Waals surface area (Å²) in [6, 6.07) is 7.42. The van der Waals surface area contributed by atoms with E-state index in [0.717, 1.165) is 5.56 Å². The summed E-state index contributed by atoms with van der Waals surface area (Å²) in [5, 5.41) is 0. The van der Waals surface area contributed by atoms with Crippen LogP contribution in [-0.2, 0) is 9.59 Å². The number of hydrazine groups is 1. The van der Waals surface area contributed by atoms with E-state index in [9.17, 15) is 14.4 Å². The molecule has 0 aromatic heterocycles. The first-order valence-corrected chi connectivity index (χ1v) is 7.14. The highest BCUT2D eigenvalue weighted by atomic mass is 16.2. The monoisotopic (exact) mass is 304 g/mol. The molecule has 7 nitrogen and oxygen atoms in total.